The van der Waals surface area contributed by atoms with Crippen LogP contribution in [0.1, 0.15) is 0 Å². The number of benzene rings is 10. The molecule has 0 radical (unpaired) electrons. The average molecular weight is 737 g/mol. The van der Waals surface area contributed by atoms with E-state index < -0.39 is 0 Å². The number of hydrogen-bond donors (Lipinski definition) is 0. The molecule has 12 aromatic rings. The molecule has 0 atom stereocenters. The Balaban J connectivity index is 1.23. The standard InChI is InChI=1S/C56H36N2/c1-4-19-37(20-5-1)52-42-27-10-12-29-44(42)53(45-30-13-11-28-43(45)52)39-22-18-21-38(35-39)48-36-51-55(47-32-15-16-33-49(47)57(51)40-23-6-2-7-24-40)56-54(48)46-31-14-17-34-50(46)58(56)41-25-8-3-9-26-41/h1-36H. The van der Waals surface area contributed by atoms with Gasteiger partial charge in [-0.15, -0.1) is 0 Å². The molecule has 0 amide bonds. The largest absolute Gasteiger partial charge is 0.309 e. The van der Waals surface area contributed by atoms with Crippen LogP contribution in [0.25, 0.3) is 110 Å². The molecular weight excluding hydrogens is 701 g/mol. The first-order chi connectivity index (χ1) is 28.8. The lowest BCUT2D eigenvalue weighted by atomic mass is 9.85. The van der Waals surface area contributed by atoms with E-state index in [4.69, 9.17) is 0 Å². The van der Waals surface area contributed by atoms with Gasteiger partial charge in [0.05, 0.1) is 22.1 Å². The van der Waals surface area contributed by atoms with Crippen molar-refractivity contribution in [3.63, 3.8) is 0 Å². The Morgan fingerprint density at radius 1 is 0.259 bits per heavy atom. The second-order valence-corrected chi connectivity index (χ2v) is 15.2. The van der Waals surface area contributed by atoms with Gasteiger partial charge in [0.25, 0.3) is 0 Å². The van der Waals surface area contributed by atoms with Gasteiger partial charge in [-0.1, -0.05) is 170 Å². The van der Waals surface area contributed by atoms with Crippen LogP contribution in [0.15, 0.2) is 218 Å². The third-order valence-corrected chi connectivity index (χ3v) is 12.1. The molecule has 0 aliphatic heterocycles. The summed E-state index contributed by atoms with van der Waals surface area (Å²) in [7, 11) is 0. The molecule has 0 bridgehead atoms. The molecule has 12 rings (SSSR count). The van der Waals surface area contributed by atoms with Crippen LogP contribution in [-0.2, 0) is 0 Å². The van der Waals surface area contributed by atoms with E-state index in [0.717, 1.165) is 11.4 Å². The number of rotatable bonds is 5. The second-order valence-electron chi connectivity index (χ2n) is 15.2. The van der Waals surface area contributed by atoms with Crippen molar-refractivity contribution >= 4 is 65.2 Å². The summed E-state index contributed by atoms with van der Waals surface area (Å²) in [4.78, 5) is 0. The minimum absolute atomic E-state index is 1.14. The molecule has 0 aliphatic carbocycles. The van der Waals surface area contributed by atoms with Crippen LogP contribution in [0.2, 0.25) is 0 Å². The molecule has 270 valence electrons. The van der Waals surface area contributed by atoms with Gasteiger partial charge in [0.15, 0.2) is 0 Å². The predicted molar refractivity (Wildman–Crippen MR) is 246 cm³/mol. The van der Waals surface area contributed by atoms with Crippen LogP contribution in [-0.4, -0.2) is 9.13 Å². The highest BCUT2D eigenvalue weighted by atomic mass is 15.0. The van der Waals surface area contributed by atoms with Gasteiger partial charge in [-0.2, -0.15) is 0 Å². The zero-order valence-electron chi connectivity index (χ0n) is 31.7. The van der Waals surface area contributed by atoms with E-state index in [0.29, 0.717) is 0 Å². The Hall–Kier alpha value is -7.68. The van der Waals surface area contributed by atoms with Crippen molar-refractivity contribution in [1.29, 1.82) is 0 Å². The normalized spacial score (nSPS) is 11.8. The zero-order chi connectivity index (χ0) is 38.2. The molecule has 58 heavy (non-hydrogen) atoms. The first kappa shape index (κ1) is 32.6. The monoisotopic (exact) mass is 736 g/mol. The van der Waals surface area contributed by atoms with Crippen molar-refractivity contribution in [3.05, 3.63) is 218 Å². The van der Waals surface area contributed by atoms with Crippen LogP contribution in [0, 0.1) is 0 Å². The molecule has 0 N–H and O–H groups in total. The number of fused-ring (bicyclic) bond motifs is 9. The van der Waals surface area contributed by atoms with E-state index in [1.165, 1.54) is 98.5 Å². The fourth-order valence-corrected chi connectivity index (χ4v) is 9.73. The summed E-state index contributed by atoms with van der Waals surface area (Å²) in [5.74, 6) is 0. The molecule has 0 unspecified atom stereocenters. The Morgan fingerprint density at radius 2 is 0.672 bits per heavy atom. The Labute approximate surface area is 336 Å². The Bertz CT molecular complexity index is 3480. The summed E-state index contributed by atoms with van der Waals surface area (Å²) >= 11 is 0. The number of hydrogen-bond acceptors (Lipinski definition) is 0. The molecule has 0 saturated heterocycles. The maximum absolute atomic E-state index is 2.49. The van der Waals surface area contributed by atoms with Gasteiger partial charge in [0.1, 0.15) is 0 Å². The molecule has 10 aromatic carbocycles. The van der Waals surface area contributed by atoms with Crippen molar-refractivity contribution in [2.24, 2.45) is 0 Å². The number of para-hydroxylation sites is 4. The van der Waals surface area contributed by atoms with Crippen LogP contribution in [0.5, 0.6) is 0 Å². The summed E-state index contributed by atoms with van der Waals surface area (Å²) in [6, 6.07) is 79.9. The van der Waals surface area contributed by atoms with E-state index in [2.05, 4.69) is 228 Å². The van der Waals surface area contributed by atoms with Gasteiger partial charge in [-0.05, 0) is 103 Å². The summed E-state index contributed by atoms with van der Waals surface area (Å²) < 4.78 is 4.94. The van der Waals surface area contributed by atoms with Crippen LogP contribution >= 0.6 is 0 Å². The lowest BCUT2D eigenvalue weighted by Crippen LogP contribution is -1.96. The lowest BCUT2D eigenvalue weighted by molar-refractivity contribution is 1.17. The van der Waals surface area contributed by atoms with Crippen molar-refractivity contribution in [3.8, 4) is 44.8 Å². The molecule has 0 aliphatic rings. The van der Waals surface area contributed by atoms with Gasteiger partial charge < -0.3 is 9.13 Å². The molecule has 2 nitrogen and oxygen atoms in total. The molecule has 0 saturated carbocycles. The zero-order valence-corrected chi connectivity index (χ0v) is 31.7. The molecule has 0 fully saturated rings. The third-order valence-electron chi connectivity index (χ3n) is 12.1. The van der Waals surface area contributed by atoms with Crippen molar-refractivity contribution in [2.45, 2.75) is 0 Å². The third kappa shape index (κ3) is 4.79. The summed E-state index contributed by atoms with van der Waals surface area (Å²) in [6.45, 7) is 0. The van der Waals surface area contributed by atoms with E-state index in [1.807, 2.05) is 0 Å². The molecular formula is C56H36N2. The van der Waals surface area contributed by atoms with E-state index >= 15 is 0 Å². The minimum atomic E-state index is 1.14. The van der Waals surface area contributed by atoms with Gasteiger partial charge in [-0.3, -0.25) is 0 Å². The number of nitrogens with zero attached hydrogens (tertiary/aromatic N) is 2. The van der Waals surface area contributed by atoms with Crippen LogP contribution in [0.3, 0.4) is 0 Å². The molecule has 0 spiro atoms. The highest BCUT2D eigenvalue weighted by Crippen LogP contribution is 2.48. The first-order valence-electron chi connectivity index (χ1n) is 20.0. The van der Waals surface area contributed by atoms with E-state index in [-0.39, 0.29) is 0 Å². The van der Waals surface area contributed by atoms with Crippen LogP contribution in [0.4, 0.5) is 0 Å². The smallest absolute Gasteiger partial charge is 0.0647 e. The van der Waals surface area contributed by atoms with E-state index in [1.54, 1.807) is 0 Å². The topological polar surface area (TPSA) is 9.86 Å². The predicted octanol–water partition coefficient (Wildman–Crippen LogP) is 15.2. The van der Waals surface area contributed by atoms with Crippen molar-refractivity contribution in [2.75, 3.05) is 0 Å². The second kappa shape index (κ2) is 12.9. The summed E-state index contributed by atoms with van der Waals surface area (Å²) in [5, 5.41) is 10.0. The SMILES string of the molecule is c1ccc(-c2c3ccccc3c(-c3cccc(-c4cc5c(c6ccccc6n5-c5ccccc5)c5c4c4ccccc4n5-c4ccccc4)c3)c3ccccc23)cc1. The summed E-state index contributed by atoms with van der Waals surface area (Å²) in [5.41, 5.74) is 14.5. The fourth-order valence-electron chi connectivity index (χ4n) is 9.73. The van der Waals surface area contributed by atoms with Crippen molar-refractivity contribution in [1.82, 2.24) is 9.13 Å². The average Bonchev–Trinajstić information content (AvgIpc) is 3.82. The van der Waals surface area contributed by atoms with E-state index in [9.17, 15) is 0 Å². The highest BCUT2D eigenvalue weighted by Gasteiger charge is 2.25. The Morgan fingerprint density at radius 3 is 1.26 bits per heavy atom. The van der Waals surface area contributed by atoms with Crippen molar-refractivity contribution < 1.29 is 0 Å². The minimum Gasteiger partial charge on any atom is -0.309 e. The van der Waals surface area contributed by atoms with Gasteiger partial charge >= 0.3 is 0 Å². The number of aromatic nitrogens is 2. The maximum atomic E-state index is 2.49. The fraction of sp³-hybridized carbons (Fsp3) is 0. The first-order valence-corrected chi connectivity index (χ1v) is 20.0. The van der Waals surface area contributed by atoms with Gasteiger partial charge in [0.2, 0.25) is 0 Å². The molecule has 2 heteroatoms. The highest BCUT2D eigenvalue weighted by molar-refractivity contribution is 6.30. The molecule has 2 heterocycles. The maximum Gasteiger partial charge on any atom is 0.0647 e. The van der Waals surface area contributed by atoms with Gasteiger partial charge in [0, 0.05) is 32.9 Å². The van der Waals surface area contributed by atoms with Crippen LogP contribution < -0.4 is 0 Å². The molecule has 2 aromatic heterocycles. The Kier molecular flexibility index (Phi) is 7.26. The quantitative estimate of drug-likeness (QED) is 0.156. The van der Waals surface area contributed by atoms with Gasteiger partial charge in [-0.25, -0.2) is 0 Å². The summed E-state index contributed by atoms with van der Waals surface area (Å²) in [6.07, 6.45) is 0. The lowest BCUT2D eigenvalue weighted by Gasteiger charge is -2.18.